The fourth-order valence-electron chi connectivity index (χ4n) is 2.35. The van der Waals surface area contributed by atoms with Crippen molar-refractivity contribution in [1.29, 1.82) is 0 Å². The Morgan fingerprint density at radius 3 is 2.57 bits per heavy atom. The summed E-state index contributed by atoms with van der Waals surface area (Å²) in [5.74, 6) is 0.683. The van der Waals surface area contributed by atoms with Crippen molar-refractivity contribution in [3.8, 4) is 0 Å². The van der Waals surface area contributed by atoms with Gasteiger partial charge in [-0.25, -0.2) is 0 Å². The number of hydrogen-bond acceptors (Lipinski definition) is 4. The fourth-order valence-corrected chi connectivity index (χ4v) is 3.35. The molecule has 1 rings (SSSR count). The van der Waals surface area contributed by atoms with Gasteiger partial charge in [-0.3, -0.25) is 4.90 Å². The lowest BCUT2D eigenvalue weighted by atomic mass is 10.1. The van der Waals surface area contributed by atoms with Crippen LogP contribution in [0.4, 0.5) is 0 Å². The molecule has 0 aliphatic rings. The average Bonchev–Trinajstić information content (AvgIpc) is 2.73. The van der Waals surface area contributed by atoms with Crippen LogP contribution >= 0.6 is 11.3 Å². The van der Waals surface area contributed by atoms with E-state index in [0.717, 1.165) is 32.8 Å². The number of thiophene rings is 1. The fraction of sp³-hybridized carbons (Fsp3) is 0.765. The lowest BCUT2D eigenvalue weighted by molar-refractivity contribution is 0.136. The minimum Gasteiger partial charge on any atom is -0.383 e. The molecule has 1 aromatic heterocycles. The maximum absolute atomic E-state index is 5.24. The first-order valence-corrected chi connectivity index (χ1v) is 8.76. The zero-order valence-corrected chi connectivity index (χ0v) is 15.3. The maximum atomic E-state index is 5.24. The first-order chi connectivity index (χ1) is 9.92. The van der Waals surface area contributed by atoms with Gasteiger partial charge in [-0.15, -0.1) is 11.3 Å². The van der Waals surface area contributed by atoms with Crippen LogP contribution in [-0.4, -0.2) is 37.7 Å². The number of nitrogens with zero attached hydrogens (tertiary/aromatic N) is 1. The van der Waals surface area contributed by atoms with Gasteiger partial charge in [0.2, 0.25) is 0 Å². The molecular formula is C17H32N2OS. The molecule has 4 heteroatoms. The molecule has 1 heterocycles. The number of ether oxygens (including phenoxy) is 1. The molecule has 0 amide bonds. The molecule has 0 aromatic carbocycles. The molecule has 0 unspecified atom stereocenters. The van der Waals surface area contributed by atoms with Gasteiger partial charge in [0.25, 0.3) is 0 Å². The van der Waals surface area contributed by atoms with Gasteiger partial charge in [0.05, 0.1) is 6.61 Å². The third kappa shape index (κ3) is 7.41. The quantitative estimate of drug-likeness (QED) is 0.713. The Balaban J connectivity index is 2.64. The van der Waals surface area contributed by atoms with Crippen LogP contribution in [0.5, 0.6) is 0 Å². The van der Waals surface area contributed by atoms with E-state index in [0.29, 0.717) is 12.0 Å². The maximum Gasteiger partial charge on any atom is 0.0589 e. The largest absolute Gasteiger partial charge is 0.383 e. The second-order valence-corrected chi connectivity index (χ2v) is 7.79. The van der Waals surface area contributed by atoms with Gasteiger partial charge in [-0.1, -0.05) is 27.7 Å². The van der Waals surface area contributed by atoms with Crippen LogP contribution in [0, 0.1) is 12.8 Å². The summed E-state index contributed by atoms with van der Waals surface area (Å²) in [5, 5.41) is 3.50. The molecule has 3 nitrogen and oxygen atoms in total. The average molecular weight is 313 g/mol. The van der Waals surface area contributed by atoms with Crippen molar-refractivity contribution in [2.45, 2.75) is 53.8 Å². The van der Waals surface area contributed by atoms with Crippen molar-refractivity contribution in [3.05, 3.63) is 21.4 Å². The summed E-state index contributed by atoms with van der Waals surface area (Å²) in [7, 11) is 1.78. The lowest BCUT2D eigenvalue weighted by Gasteiger charge is -2.23. The van der Waals surface area contributed by atoms with Crippen LogP contribution in [-0.2, 0) is 17.8 Å². The SMILES string of the molecule is COCCN(Cc1cc(CNC(C)C)sc1C)CC(C)C. The number of nitrogens with one attached hydrogen (secondary N) is 1. The molecule has 0 aliphatic heterocycles. The van der Waals surface area contributed by atoms with E-state index in [9.17, 15) is 0 Å². The van der Waals surface area contributed by atoms with Gasteiger partial charge < -0.3 is 10.1 Å². The molecule has 122 valence electrons. The van der Waals surface area contributed by atoms with E-state index in [2.05, 4.69) is 50.9 Å². The highest BCUT2D eigenvalue weighted by atomic mass is 32.1. The van der Waals surface area contributed by atoms with E-state index in [4.69, 9.17) is 4.74 Å². The minimum atomic E-state index is 0.537. The van der Waals surface area contributed by atoms with Crippen LogP contribution in [0.3, 0.4) is 0 Å². The standard InChI is InChI=1S/C17H32N2OS/c1-13(2)11-19(7-8-20-6)12-16-9-17(21-15(16)5)10-18-14(3)4/h9,13-14,18H,7-8,10-12H2,1-6H3. The van der Waals surface area contributed by atoms with E-state index < -0.39 is 0 Å². The molecule has 0 bridgehead atoms. The highest BCUT2D eigenvalue weighted by molar-refractivity contribution is 7.12. The highest BCUT2D eigenvalue weighted by Gasteiger charge is 2.12. The zero-order valence-electron chi connectivity index (χ0n) is 14.5. The van der Waals surface area contributed by atoms with Crippen molar-refractivity contribution in [2.24, 2.45) is 5.92 Å². The van der Waals surface area contributed by atoms with Crippen LogP contribution in [0.25, 0.3) is 0 Å². The Kier molecular flexibility index (Phi) is 8.49. The first-order valence-electron chi connectivity index (χ1n) is 7.95. The number of hydrogen-bond donors (Lipinski definition) is 1. The molecular weight excluding hydrogens is 280 g/mol. The third-order valence-electron chi connectivity index (χ3n) is 3.39. The van der Waals surface area contributed by atoms with Crippen LogP contribution < -0.4 is 5.32 Å². The highest BCUT2D eigenvalue weighted by Crippen LogP contribution is 2.23. The van der Waals surface area contributed by atoms with Gasteiger partial charge in [0.1, 0.15) is 0 Å². The molecule has 0 aliphatic carbocycles. The molecule has 21 heavy (non-hydrogen) atoms. The summed E-state index contributed by atoms with van der Waals surface area (Å²) in [6, 6.07) is 2.91. The molecule has 0 spiro atoms. The van der Waals surface area contributed by atoms with Gasteiger partial charge in [-0.2, -0.15) is 0 Å². The Hall–Kier alpha value is -0.420. The molecule has 0 radical (unpaired) electrons. The van der Waals surface area contributed by atoms with Gasteiger partial charge >= 0.3 is 0 Å². The lowest BCUT2D eigenvalue weighted by Crippen LogP contribution is -2.30. The zero-order chi connectivity index (χ0) is 15.8. The van der Waals surface area contributed by atoms with E-state index >= 15 is 0 Å². The summed E-state index contributed by atoms with van der Waals surface area (Å²) in [4.78, 5) is 5.39. The second-order valence-electron chi connectivity index (χ2n) is 6.45. The smallest absolute Gasteiger partial charge is 0.0589 e. The van der Waals surface area contributed by atoms with Crippen molar-refractivity contribution in [2.75, 3.05) is 26.8 Å². The molecule has 0 saturated carbocycles. The molecule has 0 fully saturated rings. The minimum absolute atomic E-state index is 0.537. The summed E-state index contributed by atoms with van der Waals surface area (Å²) in [5.41, 5.74) is 1.47. The monoisotopic (exact) mass is 312 g/mol. The Bertz CT molecular complexity index is 401. The van der Waals surface area contributed by atoms with E-state index in [-0.39, 0.29) is 0 Å². The number of aryl methyl sites for hydroxylation is 1. The van der Waals surface area contributed by atoms with Crippen LogP contribution in [0.1, 0.15) is 43.0 Å². The first kappa shape index (κ1) is 18.6. The Morgan fingerprint density at radius 2 is 2.00 bits per heavy atom. The molecule has 0 atom stereocenters. The van der Waals surface area contributed by atoms with Crippen LogP contribution in [0.2, 0.25) is 0 Å². The van der Waals surface area contributed by atoms with Crippen molar-refractivity contribution < 1.29 is 4.74 Å². The molecule has 0 saturated heterocycles. The normalized spacial score (nSPS) is 12.0. The predicted molar refractivity (Wildman–Crippen MR) is 93.0 cm³/mol. The van der Waals surface area contributed by atoms with Crippen molar-refractivity contribution in [3.63, 3.8) is 0 Å². The summed E-state index contributed by atoms with van der Waals surface area (Å²) >= 11 is 1.92. The van der Waals surface area contributed by atoms with E-state index in [1.54, 1.807) is 7.11 Å². The van der Waals surface area contributed by atoms with E-state index in [1.807, 2.05) is 11.3 Å². The number of methoxy groups -OCH3 is 1. The Morgan fingerprint density at radius 1 is 1.29 bits per heavy atom. The second kappa shape index (κ2) is 9.57. The third-order valence-corrected chi connectivity index (χ3v) is 4.48. The van der Waals surface area contributed by atoms with Crippen molar-refractivity contribution >= 4 is 11.3 Å². The van der Waals surface area contributed by atoms with Gasteiger partial charge in [-0.05, 0) is 24.5 Å². The Labute approximate surface area is 134 Å². The van der Waals surface area contributed by atoms with Crippen LogP contribution in [0.15, 0.2) is 6.07 Å². The topological polar surface area (TPSA) is 24.5 Å². The summed E-state index contributed by atoms with van der Waals surface area (Å²) in [6.45, 7) is 16.1. The van der Waals surface area contributed by atoms with Gasteiger partial charge in [0.15, 0.2) is 0 Å². The number of rotatable bonds is 10. The van der Waals surface area contributed by atoms with Gasteiger partial charge in [0, 0.05) is 49.1 Å². The van der Waals surface area contributed by atoms with Crippen molar-refractivity contribution in [1.82, 2.24) is 10.2 Å². The summed E-state index contributed by atoms with van der Waals surface area (Å²) in [6.07, 6.45) is 0. The summed E-state index contributed by atoms with van der Waals surface area (Å²) < 4.78 is 5.24. The van der Waals surface area contributed by atoms with E-state index in [1.165, 1.54) is 15.3 Å². The molecule has 1 aromatic rings. The molecule has 1 N–H and O–H groups in total. The predicted octanol–water partition coefficient (Wildman–Crippen LogP) is 3.66.